The summed E-state index contributed by atoms with van der Waals surface area (Å²) in [7, 11) is 0. The van der Waals surface area contributed by atoms with Crippen molar-refractivity contribution >= 4 is 10.9 Å². The van der Waals surface area contributed by atoms with E-state index in [-0.39, 0.29) is 18.1 Å². The third-order valence-corrected chi connectivity index (χ3v) is 3.51. The molecule has 0 aliphatic heterocycles. The van der Waals surface area contributed by atoms with E-state index in [1.807, 2.05) is 30.7 Å². The normalized spacial score (nSPS) is 11.8. The predicted octanol–water partition coefficient (Wildman–Crippen LogP) is 2.64. The summed E-state index contributed by atoms with van der Waals surface area (Å²) in [5.41, 5.74) is 2.44. The standard InChI is InChI=1S/C16H22N2O2/c1-10(2)12-5-6-13-15(9-12)18(11(3)4)17-14(7-8-19)16(13)20/h5-6,9-11,19H,7-8H2,1-4H3. The van der Waals surface area contributed by atoms with Crippen LogP contribution in [0.3, 0.4) is 0 Å². The third-order valence-electron chi connectivity index (χ3n) is 3.51. The van der Waals surface area contributed by atoms with Crippen LogP contribution in [0.1, 0.15) is 50.9 Å². The zero-order valence-electron chi connectivity index (χ0n) is 12.6. The molecule has 0 atom stereocenters. The van der Waals surface area contributed by atoms with Gasteiger partial charge in [-0.2, -0.15) is 5.10 Å². The van der Waals surface area contributed by atoms with Gasteiger partial charge in [0.2, 0.25) is 5.43 Å². The number of fused-ring (bicyclic) bond motifs is 1. The Morgan fingerprint density at radius 3 is 2.50 bits per heavy atom. The Kier molecular flexibility index (Phi) is 4.23. The average Bonchev–Trinajstić information content (AvgIpc) is 2.41. The van der Waals surface area contributed by atoms with Crippen LogP contribution in [0.5, 0.6) is 0 Å². The van der Waals surface area contributed by atoms with Crippen LogP contribution in [0.4, 0.5) is 0 Å². The minimum absolute atomic E-state index is 0.0596. The fraction of sp³-hybridized carbons (Fsp3) is 0.500. The average molecular weight is 274 g/mol. The smallest absolute Gasteiger partial charge is 0.211 e. The first kappa shape index (κ1) is 14.7. The lowest BCUT2D eigenvalue weighted by Crippen LogP contribution is -2.21. The van der Waals surface area contributed by atoms with Crippen molar-refractivity contribution in [1.82, 2.24) is 9.78 Å². The quantitative estimate of drug-likeness (QED) is 0.932. The van der Waals surface area contributed by atoms with Crippen molar-refractivity contribution in [2.75, 3.05) is 6.61 Å². The number of aliphatic hydroxyl groups is 1. The third kappa shape index (κ3) is 2.61. The molecule has 20 heavy (non-hydrogen) atoms. The number of rotatable bonds is 4. The Morgan fingerprint density at radius 2 is 1.95 bits per heavy atom. The number of nitrogens with zero attached hydrogens (tertiary/aromatic N) is 2. The summed E-state index contributed by atoms with van der Waals surface area (Å²) < 4.78 is 1.88. The first-order valence-electron chi connectivity index (χ1n) is 7.12. The highest BCUT2D eigenvalue weighted by atomic mass is 16.3. The maximum atomic E-state index is 12.4. The van der Waals surface area contributed by atoms with Gasteiger partial charge in [-0.05, 0) is 37.5 Å². The van der Waals surface area contributed by atoms with E-state index in [1.54, 1.807) is 0 Å². The summed E-state index contributed by atoms with van der Waals surface area (Å²) >= 11 is 0. The van der Waals surface area contributed by atoms with Gasteiger partial charge in [0.05, 0.1) is 5.52 Å². The maximum Gasteiger partial charge on any atom is 0.211 e. The van der Waals surface area contributed by atoms with Crippen LogP contribution in [0, 0.1) is 0 Å². The van der Waals surface area contributed by atoms with Crippen molar-refractivity contribution in [2.24, 2.45) is 0 Å². The largest absolute Gasteiger partial charge is 0.396 e. The van der Waals surface area contributed by atoms with E-state index in [9.17, 15) is 4.79 Å². The van der Waals surface area contributed by atoms with E-state index < -0.39 is 0 Å². The minimum atomic E-state index is -0.0683. The molecule has 0 aliphatic carbocycles. The molecule has 1 heterocycles. The van der Waals surface area contributed by atoms with Gasteiger partial charge in [0.25, 0.3) is 0 Å². The first-order chi connectivity index (χ1) is 9.45. The maximum absolute atomic E-state index is 12.4. The Bertz CT molecular complexity index is 672. The SMILES string of the molecule is CC(C)c1ccc2c(=O)c(CCO)nn(C(C)C)c2c1. The molecule has 0 saturated heterocycles. The summed E-state index contributed by atoms with van der Waals surface area (Å²) in [4.78, 5) is 12.4. The molecular weight excluding hydrogens is 252 g/mol. The fourth-order valence-corrected chi connectivity index (χ4v) is 2.34. The lowest BCUT2D eigenvalue weighted by Gasteiger charge is -2.16. The van der Waals surface area contributed by atoms with E-state index >= 15 is 0 Å². The molecule has 1 aromatic heterocycles. The van der Waals surface area contributed by atoms with Crippen molar-refractivity contribution in [2.45, 2.75) is 46.1 Å². The van der Waals surface area contributed by atoms with Crippen LogP contribution in [-0.2, 0) is 6.42 Å². The van der Waals surface area contributed by atoms with Gasteiger partial charge < -0.3 is 5.11 Å². The summed E-state index contributed by atoms with van der Waals surface area (Å²) in [5, 5.41) is 14.2. The Morgan fingerprint density at radius 1 is 1.25 bits per heavy atom. The lowest BCUT2D eigenvalue weighted by molar-refractivity contribution is 0.296. The molecule has 0 saturated carbocycles. The molecule has 0 spiro atoms. The van der Waals surface area contributed by atoms with Crippen molar-refractivity contribution < 1.29 is 5.11 Å². The first-order valence-corrected chi connectivity index (χ1v) is 7.12. The Hall–Kier alpha value is -1.68. The van der Waals surface area contributed by atoms with Crippen molar-refractivity contribution in [3.63, 3.8) is 0 Å². The van der Waals surface area contributed by atoms with E-state index in [1.165, 1.54) is 5.56 Å². The van der Waals surface area contributed by atoms with Gasteiger partial charge in [0.15, 0.2) is 0 Å². The number of hydrogen-bond acceptors (Lipinski definition) is 3. The van der Waals surface area contributed by atoms with Gasteiger partial charge >= 0.3 is 0 Å². The molecule has 4 nitrogen and oxygen atoms in total. The van der Waals surface area contributed by atoms with Crippen molar-refractivity contribution in [3.05, 3.63) is 39.7 Å². The van der Waals surface area contributed by atoms with Crippen LogP contribution < -0.4 is 5.43 Å². The van der Waals surface area contributed by atoms with Gasteiger partial charge in [0, 0.05) is 24.5 Å². The molecule has 0 unspecified atom stereocenters. The van der Waals surface area contributed by atoms with E-state index in [0.29, 0.717) is 23.4 Å². The monoisotopic (exact) mass is 274 g/mol. The zero-order valence-corrected chi connectivity index (χ0v) is 12.6. The summed E-state index contributed by atoms with van der Waals surface area (Å²) in [6.45, 7) is 8.29. The molecule has 0 amide bonds. The van der Waals surface area contributed by atoms with Crippen molar-refractivity contribution in [3.8, 4) is 0 Å². The molecule has 4 heteroatoms. The summed E-state index contributed by atoms with van der Waals surface area (Å²) in [6, 6.07) is 6.10. The highest BCUT2D eigenvalue weighted by molar-refractivity contribution is 5.79. The molecule has 0 radical (unpaired) electrons. The second kappa shape index (κ2) is 5.75. The molecule has 2 rings (SSSR count). The summed E-state index contributed by atoms with van der Waals surface area (Å²) in [6.07, 6.45) is 0.299. The molecule has 0 aliphatic rings. The lowest BCUT2D eigenvalue weighted by atomic mass is 10.0. The molecule has 1 aromatic carbocycles. The Balaban J connectivity index is 2.79. The second-order valence-corrected chi connectivity index (χ2v) is 5.72. The molecule has 1 N–H and O–H groups in total. The fourth-order valence-electron chi connectivity index (χ4n) is 2.34. The highest BCUT2D eigenvalue weighted by Crippen LogP contribution is 2.21. The molecule has 108 valence electrons. The number of hydrogen-bond donors (Lipinski definition) is 1. The van der Waals surface area contributed by atoms with E-state index in [0.717, 1.165) is 5.52 Å². The molecule has 0 bridgehead atoms. The van der Waals surface area contributed by atoms with Gasteiger partial charge in [-0.3, -0.25) is 9.48 Å². The van der Waals surface area contributed by atoms with E-state index in [2.05, 4.69) is 25.0 Å². The summed E-state index contributed by atoms with van der Waals surface area (Å²) in [5.74, 6) is 0.409. The number of aliphatic hydroxyl groups excluding tert-OH is 1. The predicted molar refractivity (Wildman–Crippen MR) is 81.3 cm³/mol. The Labute approximate surface area is 119 Å². The molecular formula is C16H22N2O2. The minimum Gasteiger partial charge on any atom is -0.396 e. The van der Waals surface area contributed by atoms with Crippen LogP contribution in [-0.4, -0.2) is 21.5 Å². The van der Waals surface area contributed by atoms with Crippen molar-refractivity contribution in [1.29, 1.82) is 0 Å². The molecule has 0 fully saturated rings. The van der Waals surface area contributed by atoms with Gasteiger partial charge in [0.1, 0.15) is 5.69 Å². The van der Waals surface area contributed by atoms with Crippen LogP contribution in [0.15, 0.2) is 23.0 Å². The topological polar surface area (TPSA) is 55.1 Å². The number of benzene rings is 1. The number of aromatic nitrogens is 2. The van der Waals surface area contributed by atoms with Crippen LogP contribution in [0.25, 0.3) is 10.9 Å². The van der Waals surface area contributed by atoms with Crippen LogP contribution in [0.2, 0.25) is 0 Å². The highest BCUT2D eigenvalue weighted by Gasteiger charge is 2.13. The van der Waals surface area contributed by atoms with Gasteiger partial charge in [-0.15, -0.1) is 0 Å². The van der Waals surface area contributed by atoms with Crippen LogP contribution >= 0.6 is 0 Å². The molecule has 2 aromatic rings. The van der Waals surface area contributed by atoms with Gasteiger partial charge in [-0.1, -0.05) is 19.9 Å². The second-order valence-electron chi connectivity index (χ2n) is 5.72. The van der Waals surface area contributed by atoms with E-state index in [4.69, 9.17) is 5.11 Å². The zero-order chi connectivity index (χ0) is 14.9. The van der Waals surface area contributed by atoms with Gasteiger partial charge in [-0.25, -0.2) is 0 Å².